The highest BCUT2D eigenvalue weighted by molar-refractivity contribution is 9.10. The fourth-order valence-corrected chi connectivity index (χ4v) is 3.96. The summed E-state index contributed by atoms with van der Waals surface area (Å²) >= 11 is 5.12. The number of aliphatic carboxylic acids is 1. The van der Waals surface area contributed by atoms with E-state index in [1.807, 2.05) is 12.1 Å². The molecule has 23 heavy (non-hydrogen) atoms. The third-order valence-corrected chi connectivity index (χ3v) is 5.38. The van der Waals surface area contributed by atoms with Crippen LogP contribution in [0.2, 0.25) is 0 Å². The molecule has 0 amide bonds. The molecule has 7 heteroatoms. The van der Waals surface area contributed by atoms with E-state index in [9.17, 15) is 4.79 Å². The molecule has 1 heterocycles. The molecule has 1 fully saturated rings. The van der Waals surface area contributed by atoms with E-state index in [-0.39, 0.29) is 10.8 Å². The molecule has 0 aliphatic carbocycles. The normalized spacial score (nSPS) is 21.3. The summed E-state index contributed by atoms with van der Waals surface area (Å²) in [6, 6.07) is 3.35. The topological polar surface area (TPSA) is 67.8 Å². The van der Waals surface area contributed by atoms with Gasteiger partial charge < -0.3 is 14.6 Å². The largest absolute Gasteiger partial charge is 0.497 e. The van der Waals surface area contributed by atoms with Crippen molar-refractivity contribution >= 4 is 33.7 Å². The first-order valence-corrected chi connectivity index (χ1v) is 9.18. The van der Waals surface area contributed by atoms with E-state index in [2.05, 4.69) is 42.0 Å². The predicted molar refractivity (Wildman–Crippen MR) is 95.7 cm³/mol. The SMILES string of the molecule is COc1cc(Br)c(OCC2NC(C(=O)O)CS2)c(C(C)(C)C)c1. The van der Waals surface area contributed by atoms with E-state index in [1.165, 1.54) is 0 Å². The minimum absolute atomic E-state index is 0.0297. The van der Waals surface area contributed by atoms with E-state index < -0.39 is 12.0 Å². The first kappa shape index (κ1) is 18.4. The Kier molecular flexibility index (Phi) is 5.86. The molecular weight excluding hydrogens is 382 g/mol. The number of ether oxygens (including phenoxy) is 2. The Bertz CT molecular complexity index is 588. The molecule has 1 aliphatic rings. The van der Waals surface area contributed by atoms with E-state index in [0.717, 1.165) is 21.5 Å². The third kappa shape index (κ3) is 4.55. The zero-order valence-corrected chi connectivity index (χ0v) is 16.1. The number of carbonyl (C=O) groups is 1. The lowest BCUT2D eigenvalue weighted by atomic mass is 9.86. The summed E-state index contributed by atoms with van der Waals surface area (Å²) < 4.78 is 12.2. The van der Waals surface area contributed by atoms with Crippen molar-refractivity contribution in [2.45, 2.75) is 37.6 Å². The van der Waals surface area contributed by atoms with Crippen LogP contribution >= 0.6 is 27.7 Å². The molecule has 0 spiro atoms. The summed E-state index contributed by atoms with van der Waals surface area (Å²) in [6.45, 7) is 6.75. The fourth-order valence-electron chi connectivity index (χ4n) is 2.32. The number of thioether (sulfide) groups is 1. The maximum absolute atomic E-state index is 11.0. The van der Waals surface area contributed by atoms with Crippen molar-refractivity contribution < 1.29 is 19.4 Å². The molecule has 1 aromatic rings. The summed E-state index contributed by atoms with van der Waals surface area (Å²) in [6.07, 6.45) is 0. The monoisotopic (exact) mass is 403 g/mol. The number of hydrogen-bond donors (Lipinski definition) is 2. The van der Waals surface area contributed by atoms with Crippen LogP contribution in [0.5, 0.6) is 11.5 Å². The van der Waals surface area contributed by atoms with Gasteiger partial charge in [0.05, 0.1) is 17.0 Å². The molecule has 2 N–H and O–H groups in total. The molecule has 2 atom stereocenters. The highest BCUT2D eigenvalue weighted by Gasteiger charge is 2.30. The Morgan fingerprint density at radius 2 is 2.17 bits per heavy atom. The summed E-state index contributed by atoms with van der Waals surface area (Å²) in [7, 11) is 1.64. The second-order valence-corrected chi connectivity index (χ2v) is 8.52. The maximum atomic E-state index is 11.0. The van der Waals surface area contributed by atoms with Gasteiger partial charge in [0, 0.05) is 11.3 Å². The minimum Gasteiger partial charge on any atom is -0.497 e. The zero-order valence-electron chi connectivity index (χ0n) is 13.7. The molecule has 2 rings (SSSR count). The van der Waals surface area contributed by atoms with E-state index in [1.54, 1.807) is 18.9 Å². The molecule has 1 aliphatic heterocycles. The van der Waals surface area contributed by atoms with Crippen molar-refractivity contribution in [3.8, 4) is 11.5 Å². The van der Waals surface area contributed by atoms with Gasteiger partial charge in [-0.05, 0) is 33.5 Å². The maximum Gasteiger partial charge on any atom is 0.321 e. The van der Waals surface area contributed by atoms with Gasteiger partial charge in [-0.1, -0.05) is 20.8 Å². The van der Waals surface area contributed by atoms with Crippen LogP contribution < -0.4 is 14.8 Å². The molecule has 1 saturated heterocycles. The van der Waals surface area contributed by atoms with Gasteiger partial charge in [0.15, 0.2) is 0 Å². The van der Waals surface area contributed by atoms with Crippen LogP contribution in [0.25, 0.3) is 0 Å². The lowest BCUT2D eigenvalue weighted by Crippen LogP contribution is -2.38. The van der Waals surface area contributed by atoms with Crippen LogP contribution in [0.1, 0.15) is 26.3 Å². The number of benzene rings is 1. The predicted octanol–water partition coefficient (Wildman–Crippen LogP) is 3.25. The lowest BCUT2D eigenvalue weighted by molar-refractivity contribution is -0.138. The first-order chi connectivity index (χ1) is 10.7. The fraction of sp³-hybridized carbons (Fsp3) is 0.562. The van der Waals surface area contributed by atoms with Crippen molar-refractivity contribution in [2.75, 3.05) is 19.5 Å². The van der Waals surface area contributed by atoms with Gasteiger partial charge in [-0.2, -0.15) is 0 Å². The summed E-state index contributed by atoms with van der Waals surface area (Å²) in [5.74, 6) is 1.29. The van der Waals surface area contributed by atoms with E-state index in [0.29, 0.717) is 12.4 Å². The van der Waals surface area contributed by atoms with E-state index in [4.69, 9.17) is 14.6 Å². The number of carboxylic acid groups (broad SMARTS) is 1. The second kappa shape index (κ2) is 7.32. The Labute approximate surface area is 149 Å². The molecule has 128 valence electrons. The van der Waals surface area contributed by atoms with Gasteiger partial charge in [-0.3, -0.25) is 10.1 Å². The number of carboxylic acids is 1. The highest BCUT2D eigenvalue weighted by Crippen LogP contribution is 2.40. The first-order valence-electron chi connectivity index (χ1n) is 7.33. The number of nitrogens with one attached hydrogen (secondary N) is 1. The Balaban J connectivity index is 2.15. The number of methoxy groups -OCH3 is 1. The third-order valence-electron chi connectivity index (χ3n) is 3.59. The summed E-state index contributed by atoms with van der Waals surface area (Å²) in [5, 5.41) is 12.1. The quantitative estimate of drug-likeness (QED) is 0.786. The number of halogens is 1. The Morgan fingerprint density at radius 3 is 2.70 bits per heavy atom. The van der Waals surface area contributed by atoms with Crippen molar-refractivity contribution in [3.05, 3.63) is 22.2 Å². The zero-order chi connectivity index (χ0) is 17.2. The van der Waals surface area contributed by atoms with Crippen molar-refractivity contribution in [3.63, 3.8) is 0 Å². The van der Waals surface area contributed by atoms with Gasteiger partial charge in [0.1, 0.15) is 24.1 Å². The summed E-state index contributed by atoms with van der Waals surface area (Å²) in [5.41, 5.74) is 0.938. The average molecular weight is 404 g/mol. The Hall–Kier alpha value is -0.920. The van der Waals surface area contributed by atoms with Gasteiger partial charge in [-0.25, -0.2) is 0 Å². The van der Waals surface area contributed by atoms with Crippen LogP contribution in [0.3, 0.4) is 0 Å². The van der Waals surface area contributed by atoms with Gasteiger partial charge in [0.25, 0.3) is 0 Å². The van der Waals surface area contributed by atoms with Crippen molar-refractivity contribution in [2.24, 2.45) is 0 Å². The van der Waals surface area contributed by atoms with Crippen LogP contribution in [0.15, 0.2) is 16.6 Å². The molecule has 2 unspecified atom stereocenters. The highest BCUT2D eigenvalue weighted by atomic mass is 79.9. The van der Waals surface area contributed by atoms with Crippen LogP contribution in [-0.2, 0) is 10.2 Å². The van der Waals surface area contributed by atoms with Crippen LogP contribution in [0, 0.1) is 0 Å². The minimum atomic E-state index is -0.819. The van der Waals surface area contributed by atoms with Gasteiger partial charge in [0.2, 0.25) is 0 Å². The standard InChI is InChI=1S/C16H22BrNO4S/c1-16(2,3)10-5-9(21-4)6-11(17)14(10)22-7-13-18-12(8-23-13)15(19)20/h5-6,12-13,18H,7-8H2,1-4H3,(H,19,20). The van der Waals surface area contributed by atoms with Crippen LogP contribution in [0.4, 0.5) is 0 Å². The molecular formula is C16H22BrNO4S. The molecule has 0 aromatic heterocycles. The lowest BCUT2D eigenvalue weighted by Gasteiger charge is -2.25. The van der Waals surface area contributed by atoms with E-state index >= 15 is 0 Å². The molecule has 0 radical (unpaired) electrons. The molecule has 1 aromatic carbocycles. The Morgan fingerprint density at radius 1 is 1.48 bits per heavy atom. The molecule has 5 nitrogen and oxygen atoms in total. The molecule has 0 bridgehead atoms. The van der Waals surface area contributed by atoms with Crippen molar-refractivity contribution in [1.29, 1.82) is 0 Å². The average Bonchev–Trinajstić information content (AvgIpc) is 2.93. The number of hydrogen-bond acceptors (Lipinski definition) is 5. The van der Waals surface area contributed by atoms with Crippen LogP contribution in [-0.4, -0.2) is 42.0 Å². The summed E-state index contributed by atoms with van der Waals surface area (Å²) in [4.78, 5) is 11.0. The second-order valence-electron chi connectivity index (χ2n) is 6.43. The van der Waals surface area contributed by atoms with Crippen molar-refractivity contribution in [1.82, 2.24) is 5.32 Å². The van der Waals surface area contributed by atoms with Gasteiger partial charge in [-0.15, -0.1) is 11.8 Å². The van der Waals surface area contributed by atoms with Gasteiger partial charge >= 0.3 is 5.97 Å². The number of rotatable bonds is 5. The smallest absolute Gasteiger partial charge is 0.321 e. The molecule has 0 saturated carbocycles.